The summed E-state index contributed by atoms with van der Waals surface area (Å²) in [5, 5.41) is 23.0. The number of benzene rings is 1. The highest BCUT2D eigenvalue weighted by Gasteiger charge is 2.41. The maximum absolute atomic E-state index is 11.7. The number of alkyl carbamates (subject to hydrolysis) is 1. The second-order valence-electron chi connectivity index (χ2n) is 8.45. The van der Waals surface area contributed by atoms with Crippen LogP contribution in [-0.2, 0) is 9.53 Å². The van der Waals surface area contributed by atoms with Crippen LogP contribution in [0.4, 0.5) is 4.79 Å². The number of carboxylic acid groups (broad SMARTS) is 1. The van der Waals surface area contributed by atoms with Crippen molar-refractivity contribution in [2.24, 2.45) is 4.99 Å². The average Bonchev–Trinajstić information content (AvgIpc) is 3.31. The van der Waals surface area contributed by atoms with Crippen LogP contribution in [0.5, 0.6) is 5.75 Å². The predicted octanol–water partition coefficient (Wildman–Crippen LogP) is 2.59. The first kappa shape index (κ1) is 24.3. The van der Waals surface area contributed by atoms with Crippen LogP contribution in [0.15, 0.2) is 23.2 Å². The van der Waals surface area contributed by atoms with E-state index in [1.807, 2.05) is 11.9 Å². The highest BCUT2D eigenvalue weighted by molar-refractivity contribution is 8.14. The number of aliphatic imine (C=N–C) groups is 1. The largest absolute Gasteiger partial charge is 0.507 e. The number of aromatic hydroxyl groups is 1. The second-order valence-corrected chi connectivity index (χ2v) is 10.6. The van der Waals surface area contributed by atoms with E-state index in [2.05, 4.69) is 17.2 Å². The standard InChI is InChI=1S/C22H27N3O5S2/c1-22(2,3)30-21(29)23-9-5-6-13-7-8-17(26)14(10-13)18-24-15(11-31-18)19-25(4)16(12-32-19)20(27)28/h7-8,10,15-16,19,26H,9,11-12H2,1-4H3,(H,23,29)(H,27,28)/t15-,16-,19+/m0/s1. The number of phenolic OH excluding ortho intramolecular Hbond substituents is 1. The third kappa shape index (κ3) is 6.12. The molecule has 2 aliphatic heterocycles. The van der Waals surface area contributed by atoms with Crippen molar-refractivity contribution in [1.29, 1.82) is 0 Å². The number of rotatable bonds is 4. The molecule has 0 spiro atoms. The fraction of sp³-hybridized carbons (Fsp3) is 0.500. The molecule has 3 N–H and O–H groups in total. The van der Waals surface area contributed by atoms with E-state index in [9.17, 15) is 19.8 Å². The van der Waals surface area contributed by atoms with Gasteiger partial charge in [0.2, 0.25) is 0 Å². The number of ether oxygens (including phenoxy) is 1. The monoisotopic (exact) mass is 477 g/mol. The first-order chi connectivity index (χ1) is 15.0. The molecule has 1 aromatic carbocycles. The van der Waals surface area contributed by atoms with E-state index >= 15 is 0 Å². The molecule has 3 rings (SSSR count). The van der Waals surface area contributed by atoms with Gasteiger partial charge in [0.05, 0.1) is 18.0 Å². The van der Waals surface area contributed by atoms with Gasteiger partial charge < -0.3 is 20.3 Å². The molecule has 0 unspecified atom stereocenters. The van der Waals surface area contributed by atoms with Gasteiger partial charge in [0.25, 0.3) is 0 Å². The molecule has 2 aliphatic rings. The fourth-order valence-electron chi connectivity index (χ4n) is 3.27. The molecule has 0 saturated carbocycles. The number of carboxylic acids is 1. The molecule has 172 valence electrons. The van der Waals surface area contributed by atoms with Crippen molar-refractivity contribution in [2.75, 3.05) is 25.1 Å². The number of carbonyl (C=O) groups is 2. The van der Waals surface area contributed by atoms with E-state index < -0.39 is 23.7 Å². The SMILES string of the molecule is CN1[C@@H]([C@@H]2CSC(c3cc(C#CCNC(=O)OC(C)(C)C)ccc3O)=N2)SC[C@H]1C(=O)O. The van der Waals surface area contributed by atoms with Gasteiger partial charge in [0.15, 0.2) is 0 Å². The van der Waals surface area contributed by atoms with Gasteiger partial charge in [-0.2, -0.15) is 0 Å². The smallest absolute Gasteiger partial charge is 0.408 e. The fourth-order valence-corrected chi connectivity index (χ4v) is 6.03. The number of nitrogens with zero attached hydrogens (tertiary/aromatic N) is 2. The Labute approximate surface area is 196 Å². The second kappa shape index (κ2) is 10.1. The number of hydrogen-bond donors (Lipinski definition) is 3. The van der Waals surface area contributed by atoms with E-state index in [-0.39, 0.29) is 23.7 Å². The van der Waals surface area contributed by atoms with Crippen LogP contribution < -0.4 is 5.32 Å². The summed E-state index contributed by atoms with van der Waals surface area (Å²) in [4.78, 5) is 29.7. The summed E-state index contributed by atoms with van der Waals surface area (Å²) in [5.74, 6) is 6.40. The topological polar surface area (TPSA) is 111 Å². The van der Waals surface area contributed by atoms with E-state index in [4.69, 9.17) is 9.73 Å². The lowest BCUT2D eigenvalue weighted by atomic mass is 10.1. The maximum atomic E-state index is 11.7. The van der Waals surface area contributed by atoms with Crippen molar-refractivity contribution in [1.82, 2.24) is 10.2 Å². The van der Waals surface area contributed by atoms with Crippen LogP contribution in [0.1, 0.15) is 31.9 Å². The molecule has 3 atom stereocenters. The van der Waals surface area contributed by atoms with Crippen molar-refractivity contribution in [2.45, 2.75) is 43.8 Å². The van der Waals surface area contributed by atoms with E-state index in [1.54, 1.807) is 62.5 Å². The zero-order valence-corrected chi connectivity index (χ0v) is 20.0. The van der Waals surface area contributed by atoms with Crippen LogP contribution in [-0.4, -0.2) is 80.4 Å². The Bertz CT molecular complexity index is 980. The molecule has 1 fully saturated rings. The van der Waals surface area contributed by atoms with Gasteiger partial charge in [-0.25, -0.2) is 4.79 Å². The van der Waals surface area contributed by atoms with Gasteiger partial charge in [-0.1, -0.05) is 11.8 Å². The minimum Gasteiger partial charge on any atom is -0.507 e. The summed E-state index contributed by atoms with van der Waals surface area (Å²) in [7, 11) is 1.82. The Kier molecular flexibility index (Phi) is 7.64. The first-order valence-corrected chi connectivity index (χ1v) is 12.1. The number of thioether (sulfide) groups is 2. The molecule has 0 radical (unpaired) electrons. The zero-order chi connectivity index (χ0) is 23.5. The molecule has 32 heavy (non-hydrogen) atoms. The summed E-state index contributed by atoms with van der Waals surface area (Å²) in [6, 6.07) is 4.50. The summed E-state index contributed by atoms with van der Waals surface area (Å²) in [6.07, 6.45) is -0.527. The highest BCUT2D eigenvalue weighted by Crippen LogP contribution is 2.37. The molecule has 2 heterocycles. The zero-order valence-electron chi connectivity index (χ0n) is 18.4. The number of phenols is 1. The van der Waals surface area contributed by atoms with Gasteiger partial charge in [0, 0.05) is 22.6 Å². The first-order valence-electron chi connectivity index (χ1n) is 10.1. The van der Waals surface area contributed by atoms with Gasteiger partial charge >= 0.3 is 12.1 Å². The Balaban J connectivity index is 1.66. The Hall–Kier alpha value is -2.35. The lowest BCUT2D eigenvalue weighted by Crippen LogP contribution is -2.42. The maximum Gasteiger partial charge on any atom is 0.408 e. The Morgan fingerprint density at radius 3 is 2.75 bits per heavy atom. The minimum absolute atomic E-state index is 0.00912. The lowest BCUT2D eigenvalue weighted by Gasteiger charge is -2.24. The molecular formula is C22H27N3O5S2. The summed E-state index contributed by atoms with van der Waals surface area (Å²) < 4.78 is 5.16. The number of hydrogen-bond acceptors (Lipinski definition) is 8. The van der Waals surface area contributed by atoms with Crippen LogP contribution in [0, 0.1) is 11.8 Å². The number of amides is 1. The molecule has 0 bridgehead atoms. The van der Waals surface area contributed by atoms with Gasteiger partial charge in [-0.3, -0.25) is 14.7 Å². The molecule has 1 amide bonds. The third-order valence-electron chi connectivity index (χ3n) is 4.79. The molecule has 0 aromatic heterocycles. The van der Waals surface area contributed by atoms with Crippen molar-refractivity contribution in [3.8, 4) is 17.6 Å². The van der Waals surface area contributed by atoms with Crippen molar-refractivity contribution >= 4 is 40.6 Å². The number of aliphatic carboxylic acids is 1. The highest BCUT2D eigenvalue weighted by atomic mass is 32.2. The normalized spacial score (nSPS) is 23.2. The molecular weight excluding hydrogens is 450 g/mol. The van der Waals surface area contributed by atoms with E-state index in [0.29, 0.717) is 16.9 Å². The summed E-state index contributed by atoms with van der Waals surface area (Å²) >= 11 is 3.15. The molecule has 0 aliphatic carbocycles. The number of likely N-dealkylation sites (N-methyl/N-ethyl adjacent to an activating group) is 1. The third-order valence-corrected chi connectivity index (χ3v) is 7.39. The minimum atomic E-state index is -0.817. The Morgan fingerprint density at radius 1 is 1.34 bits per heavy atom. The summed E-state index contributed by atoms with van der Waals surface area (Å²) in [6.45, 7) is 5.51. The number of carbonyl (C=O) groups excluding carboxylic acids is 1. The van der Waals surface area contributed by atoms with Crippen molar-refractivity contribution < 1.29 is 24.5 Å². The van der Waals surface area contributed by atoms with Crippen LogP contribution >= 0.6 is 23.5 Å². The predicted molar refractivity (Wildman–Crippen MR) is 127 cm³/mol. The molecule has 10 heteroatoms. The van der Waals surface area contributed by atoms with Crippen LogP contribution in [0.3, 0.4) is 0 Å². The molecule has 8 nitrogen and oxygen atoms in total. The van der Waals surface area contributed by atoms with Crippen molar-refractivity contribution in [3.05, 3.63) is 29.3 Å². The summed E-state index contributed by atoms with van der Waals surface area (Å²) in [5.41, 5.74) is 0.722. The molecule has 1 aromatic rings. The average molecular weight is 478 g/mol. The number of nitrogens with one attached hydrogen (secondary N) is 1. The van der Waals surface area contributed by atoms with Gasteiger partial charge in [-0.15, -0.1) is 23.5 Å². The van der Waals surface area contributed by atoms with Gasteiger partial charge in [0.1, 0.15) is 22.4 Å². The van der Waals surface area contributed by atoms with Crippen LogP contribution in [0.25, 0.3) is 0 Å². The molecule has 1 saturated heterocycles. The quantitative estimate of drug-likeness (QED) is 0.568. The van der Waals surface area contributed by atoms with Gasteiger partial charge in [-0.05, 0) is 46.0 Å². The lowest BCUT2D eigenvalue weighted by molar-refractivity contribution is -0.141. The van der Waals surface area contributed by atoms with E-state index in [0.717, 1.165) is 10.8 Å². The van der Waals surface area contributed by atoms with Crippen molar-refractivity contribution in [3.63, 3.8) is 0 Å². The Morgan fingerprint density at radius 2 is 2.09 bits per heavy atom. The van der Waals surface area contributed by atoms with Crippen LogP contribution in [0.2, 0.25) is 0 Å². The van der Waals surface area contributed by atoms with E-state index in [1.165, 1.54) is 0 Å².